The highest BCUT2D eigenvalue weighted by molar-refractivity contribution is 6.00. The van der Waals surface area contributed by atoms with Crippen LogP contribution in [0.5, 0.6) is 0 Å². The van der Waals surface area contributed by atoms with Crippen LogP contribution in [0, 0.1) is 10.1 Å². The van der Waals surface area contributed by atoms with Crippen LogP contribution in [0.1, 0.15) is 10.4 Å². The number of nitro groups is 1. The molecule has 1 amide bonds. The van der Waals surface area contributed by atoms with Crippen molar-refractivity contribution in [3.05, 3.63) is 33.9 Å². The zero-order valence-electron chi connectivity index (χ0n) is 10.3. The molecule has 0 heterocycles. The van der Waals surface area contributed by atoms with Crippen LogP contribution in [0.2, 0.25) is 0 Å². The van der Waals surface area contributed by atoms with Crippen LogP contribution >= 0.6 is 0 Å². The fourth-order valence-electron chi connectivity index (χ4n) is 1.41. The van der Waals surface area contributed by atoms with E-state index in [1.807, 2.05) is 5.43 Å². The van der Waals surface area contributed by atoms with E-state index < -0.39 is 41.0 Å². The molecule has 1 aromatic carbocycles. The average Bonchev–Trinajstić information content (AvgIpc) is 2.43. The highest BCUT2D eigenvalue weighted by atomic mass is 19.3. The Morgan fingerprint density at radius 3 is 2.52 bits per heavy atom. The molecule has 7 nitrogen and oxygen atoms in total. The molecule has 116 valence electrons. The topological polar surface area (TPSA) is 110 Å². The van der Waals surface area contributed by atoms with Gasteiger partial charge in [-0.3, -0.25) is 20.8 Å². The van der Waals surface area contributed by atoms with E-state index in [0.29, 0.717) is 0 Å². The number of alkyl halides is 4. The van der Waals surface area contributed by atoms with E-state index in [1.165, 1.54) is 17.4 Å². The van der Waals surface area contributed by atoms with E-state index in [4.69, 9.17) is 5.84 Å². The lowest BCUT2D eigenvalue weighted by atomic mass is 10.1. The molecule has 1 aromatic rings. The molecule has 0 aliphatic carbocycles. The number of nitrogens with one attached hydrogen (secondary N) is 2. The number of hydrazine groups is 1. The largest absolute Gasteiger partial charge is 0.346 e. The number of benzene rings is 1. The first kappa shape index (κ1) is 16.6. The van der Waals surface area contributed by atoms with Crippen molar-refractivity contribution in [2.45, 2.75) is 12.3 Å². The van der Waals surface area contributed by atoms with Gasteiger partial charge in [-0.05, 0) is 12.1 Å². The van der Waals surface area contributed by atoms with Gasteiger partial charge in [0.05, 0.1) is 11.5 Å². The number of nitrogens with two attached hydrogens (primary N) is 1. The van der Waals surface area contributed by atoms with E-state index in [2.05, 4.69) is 0 Å². The maximum atomic E-state index is 12.7. The summed E-state index contributed by atoms with van der Waals surface area (Å²) >= 11 is 0. The number of hydrogen-bond donors (Lipinski definition) is 3. The number of para-hydroxylation sites is 1. The number of nitro benzene ring substituents is 1. The lowest BCUT2D eigenvalue weighted by Crippen LogP contribution is -2.41. The summed E-state index contributed by atoms with van der Waals surface area (Å²) in [6, 6.07) is 3.37. The van der Waals surface area contributed by atoms with Crippen LogP contribution in [-0.4, -0.2) is 29.7 Å². The Kier molecular flexibility index (Phi) is 5.02. The lowest BCUT2D eigenvalue weighted by Gasteiger charge is -2.16. The second-order valence-corrected chi connectivity index (χ2v) is 3.85. The summed E-state index contributed by atoms with van der Waals surface area (Å²) in [6.45, 7) is -1.65. The number of anilines is 1. The summed E-state index contributed by atoms with van der Waals surface area (Å²) in [5.74, 6) is -0.694. The molecule has 0 aliphatic rings. The first-order chi connectivity index (χ1) is 9.70. The Bertz CT molecular complexity index is 553. The first-order valence-corrected chi connectivity index (χ1v) is 5.39. The van der Waals surface area contributed by atoms with Gasteiger partial charge in [0.25, 0.3) is 5.91 Å². The Morgan fingerprint density at radius 1 is 1.43 bits per heavy atom. The van der Waals surface area contributed by atoms with Gasteiger partial charge in [0.15, 0.2) is 0 Å². The highest BCUT2D eigenvalue weighted by Gasteiger charge is 2.41. The molecule has 11 heteroatoms. The molecule has 0 bridgehead atoms. The zero-order chi connectivity index (χ0) is 16.2. The predicted octanol–water partition coefficient (Wildman–Crippen LogP) is 1.51. The third-order valence-corrected chi connectivity index (χ3v) is 2.42. The molecule has 0 unspecified atom stereocenters. The van der Waals surface area contributed by atoms with Crippen LogP contribution in [0.4, 0.5) is 28.9 Å². The predicted molar refractivity (Wildman–Crippen MR) is 64.2 cm³/mol. The van der Waals surface area contributed by atoms with Gasteiger partial charge in [0.1, 0.15) is 11.3 Å². The Labute approximate surface area is 115 Å². The van der Waals surface area contributed by atoms with Crippen molar-refractivity contribution < 1.29 is 27.3 Å². The van der Waals surface area contributed by atoms with Crippen molar-refractivity contribution in [3.8, 4) is 0 Å². The highest BCUT2D eigenvalue weighted by Crippen LogP contribution is 2.28. The first-order valence-electron chi connectivity index (χ1n) is 5.39. The molecule has 0 atom stereocenters. The van der Waals surface area contributed by atoms with E-state index in [-0.39, 0.29) is 5.69 Å². The summed E-state index contributed by atoms with van der Waals surface area (Å²) in [4.78, 5) is 21.6. The number of carbonyl (C=O) groups excluding carboxylic acids is 1. The second-order valence-electron chi connectivity index (χ2n) is 3.85. The Morgan fingerprint density at radius 2 is 2.05 bits per heavy atom. The molecule has 0 saturated heterocycles. The fourth-order valence-corrected chi connectivity index (χ4v) is 1.41. The number of amides is 1. The monoisotopic (exact) mass is 310 g/mol. The van der Waals surface area contributed by atoms with Crippen molar-refractivity contribution in [1.82, 2.24) is 5.32 Å². The van der Waals surface area contributed by atoms with Crippen molar-refractivity contribution in [2.24, 2.45) is 5.84 Å². The summed E-state index contributed by atoms with van der Waals surface area (Å²) in [6.07, 6.45) is -3.97. The minimum absolute atomic E-state index is 0.228. The van der Waals surface area contributed by atoms with Gasteiger partial charge in [0.2, 0.25) is 0 Å². The molecule has 1 rings (SSSR count). The third kappa shape index (κ3) is 3.78. The van der Waals surface area contributed by atoms with E-state index in [9.17, 15) is 32.5 Å². The van der Waals surface area contributed by atoms with Crippen LogP contribution in [0.15, 0.2) is 18.2 Å². The standard InChI is InChI=1S/C10H10F4N4O3/c11-9(12)10(13,14)4-16-8(19)5-2-1-3-6(17-15)7(5)18(20)21/h1-3,9,17H,4,15H2,(H,16,19). The minimum Gasteiger partial charge on any atom is -0.346 e. The number of halogens is 4. The molecular formula is C10H10F4N4O3. The molecule has 21 heavy (non-hydrogen) atoms. The normalized spacial score (nSPS) is 11.3. The third-order valence-electron chi connectivity index (χ3n) is 2.42. The zero-order valence-corrected chi connectivity index (χ0v) is 10.3. The summed E-state index contributed by atoms with van der Waals surface area (Å²) < 4.78 is 49.3. The van der Waals surface area contributed by atoms with Crippen LogP contribution < -0.4 is 16.6 Å². The van der Waals surface area contributed by atoms with Gasteiger partial charge in [-0.25, -0.2) is 8.78 Å². The van der Waals surface area contributed by atoms with Crippen LogP contribution in [0.25, 0.3) is 0 Å². The van der Waals surface area contributed by atoms with E-state index in [1.54, 1.807) is 0 Å². The summed E-state index contributed by atoms with van der Waals surface area (Å²) in [5.41, 5.74) is 0.410. The average molecular weight is 310 g/mol. The number of carbonyl (C=O) groups is 1. The fraction of sp³-hybridized carbons (Fsp3) is 0.300. The molecule has 0 aromatic heterocycles. The maximum Gasteiger partial charge on any atom is 0.324 e. The van der Waals surface area contributed by atoms with Crippen molar-refractivity contribution in [1.29, 1.82) is 0 Å². The van der Waals surface area contributed by atoms with E-state index in [0.717, 1.165) is 6.07 Å². The lowest BCUT2D eigenvalue weighted by molar-refractivity contribution is -0.384. The number of hydrogen-bond acceptors (Lipinski definition) is 5. The van der Waals surface area contributed by atoms with Gasteiger partial charge in [-0.15, -0.1) is 0 Å². The molecular weight excluding hydrogens is 300 g/mol. The molecule has 0 radical (unpaired) electrons. The van der Waals surface area contributed by atoms with Crippen LogP contribution in [0.3, 0.4) is 0 Å². The van der Waals surface area contributed by atoms with Crippen LogP contribution in [-0.2, 0) is 0 Å². The number of nitrogens with zero attached hydrogens (tertiary/aromatic N) is 1. The Balaban J connectivity index is 3.01. The van der Waals surface area contributed by atoms with Gasteiger partial charge < -0.3 is 10.7 Å². The molecule has 0 spiro atoms. The molecule has 0 aliphatic heterocycles. The van der Waals surface area contributed by atoms with E-state index >= 15 is 0 Å². The van der Waals surface area contributed by atoms with Crippen molar-refractivity contribution in [3.63, 3.8) is 0 Å². The number of nitrogen functional groups attached to an aromatic ring is 1. The quantitative estimate of drug-likeness (QED) is 0.319. The number of rotatable bonds is 6. The van der Waals surface area contributed by atoms with Gasteiger partial charge in [0, 0.05) is 0 Å². The SMILES string of the molecule is NNc1cccc(C(=O)NCC(F)(F)C(F)F)c1[N+](=O)[O-]. The second kappa shape index (κ2) is 6.35. The molecule has 0 saturated carbocycles. The summed E-state index contributed by atoms with van der Waals surface area (Å²) in [7, 11) is 0. The summed E-state index contributed by atoms with van der Waals surface area (Å²) in [5, 5.41) is 12.4. The Hall–Kier alpha value is -2.43. The minimum atomic E-state index is -4.44. The molecule has 4 N–H and O–H groups in total. The molecule has 0 fully saturated rings. The van der Waals surface area contributed by atoms with Gasteiger partial charge in [-0.1, -0.05) is 6.07 Å². The smallest absolute Gasteiger partial charge is 0.324 e. The maximum absolute atomic E-state index is 12.7. The van der Waals surface area contributed by atoms with Gasteiger partial charge >= 0.3 is 18.0 Å². The van der Waals surface area contributed by atoms with Gasteiger partial charge in [-0.2, -0.15) is 8.78 Å². The van der Waals surface area contributed by atoms with Crippen molar-refractivity contribution >= 4 is 17.3 Å². The van der Waals surface area contributed by atoms with Crippen molar-refractivity contribution in [2.75, 3.05) is 12.0 Å².